The van der Waals surface area contributed by atoms with Crippen LogP contribution in [0.4, 0.5) is 83.4 Å². The molecule has 21 heteroatoms. The van der Waals surface area contributed by atoms with Crippen molar-refractivity contribution in [2.75, 3.05) is 0 Å². The van der Waals surface area contributed by atoms with Gasteiger partial charge in [-0.1, -0.05) is 6.58 Å². The number of carbonyl (C=O) groups is 1. The zero-order chi connectivity index (χ0) is 28.4. The first kappa shape index (κ1) is 31.9. The first-order chi connectivity index (χ1) is 14.3. The Morgan fingerprint density at radius 2 is 0.824 bits per heavy atom. The largest absolute Gasteiger partial charge is 0.467 e. The van der Waals surface area contributed by atoms with E-state index >= 15 is 0 Å². The predicted octanol–water partition coefficient (Wildman–Crippen LogP) is 6.71. The second-order valence-electron chi connectivity index (χ2n) is 6.21. The van der Waals surface area contributed by atoms with Crippen LogP contribution in [0, 0.1) is 0 Å². The van der Waals surface area contributed by atoms with E-state index < -0.39 is 65.3 Å². The van der Waals surface area contributed by atoms with E-state index in [1.807, 2.05) is 0 Å². The monoisotopic (exact) mass is 554 g/mol. The summed E-state index contributed by atoms with van der Waals surface area (Å²) in [6.45, 7) is 2.53. The Hall–Kier alpha value is -2.12. The fourth-order valence-electron chi connectivity index (χ4n) is 1.84. The second kappa shape index (κ2) is 7.95. The van der Waals surface area contributed by atoms with Crippen LogP contribution in [-0.4, -0.2) is 59.7 Å². The molecule has 0 N–H and O–H groups in total. The third-order valence-electron chi connectivity index (χ3n) is 3.75. The summed E-state index contributed by atoms with van der Waals surface area (Å²) in [5.74, 6) is -46.7. The van der Waals surface area contributed by atoms with Gasteiger partial charge in [0.05, 0.1) is 0 Å². The molecule has 0 aliphatic carbocycles. The Morgan fingerprint density at radius 3 is 1.06 bits per heavy atom. The predicted molar refractivity (Wildman–Crippen MR) is 66.5 cm³/mol. The van der Waals surface area contributed by atoms with Crippen molar-refractivity contribution in [2.24, 2.45) is 0 Å². The molecule has 0 spiro atoms. The summed E-state index contributed by atoms with van der Waals surface area (Å²) in [6, 6.07) is 0. The smallest absolute Gasteiger partial charge is 0.411 e. The van der Waals surface area contributed by atoms with E-state index in [0.717, 1.165) is 0 Å². The lowest BCUT2D eigenvalue weighted by Crippen LogP contribution is -2.78. The van der Waals surface area contributed by atoms with Crippen molar-refractivity contribution in [2.45, 2.75) is 60.7 Å². The van der Waals surface area contributed by atoms with Crippen molar-refractivity contribution < 1.29 is 92.9 Å². The van der Waals surface area contributed by atoms with Crippen molar-refractivity contribution >= 4 is 5.97 Å². The molecule has 1 atom stereocenters. The molecule has 0 aromatic rings. The Morgan fingerprint density at radius 1 is 0.529 bits per heavy atom. The molecule has 0 bridgehead atoms. The number of alkyl halides is 19. The number of hydrogen-bond acceptors (Lipinski definition) is 2. The molecule has 0 radical (unpaired) electrons. The molecule has 34 heavy (non-hydrogen) atoms. The van der Waals surface area contributed by atoms with Gasteiger partial charge in [0.2, 0.25) is 0 Å². The zero-order valence-electron chi connectivity index (χ0n) is 15.2. The molecular weight excluding hydrogens is 549 g/mol. The van der Waals surface area contributed by atoms with Crippen molar-refractivity contribution in [3.8, 4) is 0 Å². The Labute approximate surface area is 173 Å². The number of halogens is 19. The summed E-state index contributed by atoms with van der Waals surface area (Å²) >= 11 is 0. The highest BCUT2D eigenvalue weighted by molar-refractivity contribution is 5.87. The maximum Gasteiger partial charge on any atom is 0.467 e. The Kier molecular flexibility index (Phi) is 7.46. The van der Waals surface area contributed by atoms with E-state index in [9.17, 15) is 88.2 Å². The van der Waals surface area contributed by atoms with Gasteiger partial charge < -0.3 is 4.74 Å². The molecule has 202 valence electrons. The normalized spacial score (nSPS) is 17.3. The van der Waals surface area contributed by atoms with Crippen molar-refractivity contribution in [1.82, 2.24) is 0 Å². The average Bonchev–Trinajstić information content (AvgIpc) is 2.56. The molecule has 2 nitrogen and oxygen atoms in total. The summed E-state index contributed by atoms with van der Waals surface area (Å²) < 4.78 is 250. The van der Waals surface area contributed by atoms with Gasteiger partial charge in [-0.2, -0.15) is 79.0 Å². The minimum absolute atomic E-state index is 0.197. The van der Waals surface area contributed by atoms with Crippen LogP contribution in [0.15, 0.2) is 12.2 Å². The molecule has 0 rings (SSSR count). The fourth-order valence-corrected chi connectivity index (χ4v) is 1.84. The number of carbonyl (C=O) groups excluding carboxylic acids is 1. The molecule has 0 aromatic carbocycles. The maximum atomic E-state index is 13.9. The van der Waals surface area contributed by atoms with Crippen LogP contribution in [0.3, 0.4) is 0 Å². The summed E-state index contributed by atoms with van der Waals surface area (Å²) in [6.07, 6.45) is -24.5. The third-order valence-corrected chi connectivity index (χ3v) is 3.75. The summed E-state index contributed by atoms with van der Waals surface area (Å²) in [5, 5.41) is 0. The van der Waals surface area contributed by atoms with Crippen LogP contribution >= 0.6 is 0 Å². The van der Waals surface area contributed by atoms with Gasteiger partial charge in [-0.05, 0) is 6.92 Å². The van der Waals surface area contributed by atoms with E-state index in [1.165, 1.54) is 0 Å². The highest BCUT2D eigenvalue weighted by atomic mass is 19.4. The number of rotatable bonds is 7. The molecule has 0 saturated carbocycles. The molecule has 0 saturated heterocycles. The average molecular weight is 554 g/mol. The van der Waals surface area contributed by atoms with Crippen molar-refractivity contribution in [1.29, 1.82) is 0 Å². The standard InChI is InChI=1S/C13H5F19O2/c1-3(2)4(33)34-10(23,13(30,31)32)9(21,22)8(19,20)7(17,18)6(15,16)5(14,11(24,25)26)12(27,28)29/h1H2,2H3. The quantitative estimate of drug-likeness (QED) is 0.199. The lowest BCUT2D eigenvalue weighted by molar-refractivity contribution is -0.483. The molecule has 0 heterocycles. The van der Waals surface area contributed by atoms with Gasteiger partial charge in [-0.3, -0.25) is 0 Å². The molecule has 0 aliphatic rings. The molecular formula is C13H5F19O2. The van der Waals surface area contributed by atoms with E-state index in [4.69, 9.17) is 0 Å². The van der Waals surface area contributed by atoms with Gasteiger partial charge in [0.15, 0.2) is 0 Å². The van der Waals surface area contributed by atoms with Crippen LogP contribution in [0.1, 0.15) is 6.92 Å². The highest BCUT2D eigenvalue weighted by Gasteiger charge is 2.98. The van der Waals surface area contributed by atoms with Gasteiger partial charge in [0, 0.05) is 5.57 Å². The lowest BCUT2D eigenvalue weighted by Gasteiger charge is -2.45. The van der Waals surface area contributed by atoms with Gasteiger partial charge in [-0.25, -0.2) is 9.18 Å². The van der Waals surface area contributed by atoms with Crippen molar-refractivity contribution in [3.05, 3.63) is 12.2 Å². The first-order valence-electron chi connectivity index (χ1n) is 7.31. The summed E-state index contributed by atoms with van der Waals surface area (Å²) in [7, 11) is 0. The molecule has 0 amide bonds. The van der Waals surface area contributed by atoms with Crippen LogP contribution in [0.2, 0.25) is 0 Å². The topological polar surface area (TPSA) is 26.3 Å². The Bertz CT molecular complexity index is 786. The van der Waals surface area contributed by atoms with Crippen LogP contribution in [-0.2, 0) is 9.53 Å². The molecule has 0 aromatic heterocycles. The van der Waals surface area contributed by atoms with E-state index in [1.54, 1.807) is 0 Å². The first-order valence-corrected chi connectivity index (χ1v) is 7.31. The number of ether oxygens (including phenoxy) is 1. The summed E-state index contributed by atoms with van der Waals surface area (Å²) in [4.78, 5) is 10.9. The van der Waals surface area contributed by atoms with Crippen molar-refractivity contribution in [3.63, 3.8) is 0 Å². The minimum atomic E-state index is -9.11. The second-order valence-corrected chi connectivity index (χ2v) is 6.21. The van der Waals surface area contributed by atoms with Gasteiger partial charge in [0.25, 0.3) is 0 Å². The fraction of sp³-hybridized carbons (Fsp3) is 0.769. The Balaban J connectivity index is 7.32. The lowest BCUT2D eigenvalue weighted by atomic mass is 9.84. The van der Waals surface area contributed by atoms with Crippen LogP contribution in [0.5, 0.6) is 0 Å². The van der Waals surface area contributed by atoms with E-state index in [0.29, 0.717) is 0 Å². The minimum Gasteiger partial charge on any atom is -0.411 e. The van der Waals surface area contributed by atoms with Gasteiger partial charge >= 0.3 is 59.7 Å². The summed E-state index contributed by atoms with van der Waals surface area (Å²) in [5.41, 5.74) is -10.4. The third kappa shape index (κ3) is 4.01. The molecule has 1 unspecified atom stereocenters. The maximum absolute atomic E-state index is 13.9. The number of hydrogen-bond donors (Lipinski definition) is 0. The molecule has 0 fully saturated rings. The molecule has 0 aliphatic heterocycles. The van der Waals surface area contributed by atoms with Gasteiger partial charge in [-0.15, -0.1) is 0 Å². The highest BCUT2D eigenvalue weighted by Crippen LogP contribution is 2.66. The van der Waals surface area contributed by atoms with Crippen LogP contribution < -0.4 is 0 Å². The van der Waals surface area contributed by atoms with E-state index in [-0.39, 0.29) is 6.92 Å². The number of esters is 1. The van der Waals surface area contributed by atoms with Crippen LogP contribution in [0.25, 0.3) is 0 Å². The van der Waals surface area contributed by atoms with E-state index in [2.05, 4.69) is 11.3 Å². The zero-order valence-corrected chi connectivity index (χ0v) is 15.2. The SMILES string of the molecule is C=C(C)C(=O)OC(F)(C(F)(F)F)C(F)(F)C(F)(F)C(F)(F)C(F)(F)C(F)(C(F)(F)F)C(F)(F)F. The van der Waals surface area contributed by atoms with Gasteiger partial charge in [0.1, 0.15) is 0 Å².